The first-order chi connectivity index (χ1) is 20.6. The molecule has 1 aromatic carbocycles. The smallest absolute Gasteiger partial charge is 0.335 e. The van der Waals surface area contributed by atoms with E-state index in [2.05, 4.69) is 20.5 Å². The van der Waals surface area contributed by atoms with Crippen molar-refractivity contribution in [3.8, 4) is 0 Å². The van der Waals surface area contributed by atoms with Gasteiger partial charge in [0.2, 0.25) is 5.91 Å². The van der Waals surface area contributed by atoms with Crippen LogP contribution in [0.3, 0.4) is 0 Å². The van der Waals surface area contributed by atoms with Gasteiger partial charge in [0, 0.05) is 69.0 Å². The number of carbonyl (C=O) groups is 3. The monoisotopic (exact) mass is 607 g/mol. The van der Waals surface area contributed by atoms with Crippen molar-refractivity contribution in [3.63, 3.8) is 0 Å². The van der Waals surface area contributed by atoms with Gasteiger partial charge in [0.15, 0.2) is 10.8 Å². The SMILES string of the molecule is CC(=O)NCC12CC(N3CC4CN(CC5=C(C(=O)O)C(c6cccc(F)c6C)N=C(c6nccs6)N5)CCN4C3=O)(C1)C2. The Morgan fingerprint density at radius 1 is 1.23 bits per heavy atom. The maximum atomic E-state index is 14.6. The minimum absolute atomic E-state index is 0.00685. The molecule has 2 bridgehead atoms. The van der Waals surface area contributed by atoms with Crippen molar-refractivity contribution in [1.29, 1.82) is 0 Å². The van der Waals surface area contributed by atoms with E-state index in [1.165, 1.54) is 24.3 Å². The molecule has 13 heteroatoms. The number of benzene rings is 1. The molecule has 2 saturated heterocycles. The van der Waals surface area contributed by atoms with Crippen LogP contribution in [0.25, 0.3) is 0 Å². The van der Waals surface area contributed by atoms with Crippen LogP contribution in [-0.2, 0) is 9.59 Å². The standard InChI is InChI=1S/C30H34FN7O4S/c1-17-20(4-3-5-21(17)31)24-23(27(40)41)22(34-25(35-24)26-32-6-9-43-26)12-36-7-8-37-19(10-36)11-38(28(37)42)30-13-29(14-30,15-30)16-33-18(2)39/h3-6,9,19,24H,7-8,10-16H2,1-2H3,(H,33,39)(H,34,35)(H,40,41). The van der Waals surface area contributed by atoms with Gasteiger partial charge < -0.3 is 25.5 Å². The van der Waals surface area contributed by atoms with E-state index in [0.717, 1.165) is 19.3 Å². The highest BCUT2D eigenvalue weighted by atomic mass is 32.1. The zero-order valence-corrected chi connectivity index (χ0v) is 24.9. The van der Waals surface area contributed by atoms with Crippen LogP contribution in [0, 0.1) is 18.2 Å². The molecule has 0 radical (unpaired) electrons. The number of thiazole rings is 1. The number of carboxylic acid groups (broad SMARTS) is 1. The van der Waals surface area contributed by atoms with Crippen LogP contribution in [0.4, 0.5) is 9.18 Å². The normalized spacial score (nSPS) is 29.8. The molecule has 3 N–H and O–H groups in total. The van der Waals surface area contributed by atoms with Crippen molar-refractivity contribution in [2.45, 2.75) is 50.7 Å². The Hall–Kier alpha value is -3.84. The number of amides is 3. The van der Waals surface area contributed by atoms with Crippen molar-refractivity contribution in [2.24, 2.45) is 10.4 Å². The maximum absolute atomic E-state index is 14.6. The van der Waals surface area contributed by atoms with E-state index in [9.17, 15) is 23.9 Å². The number of aromatic nitrogens is 1. The van der Waals surface area contributed by atoms with Gasteiger partial charge in [-0.15, -0.1) is 11.3 Å². The second-order valence-electron chi connectivity index (χ2n) is 12.6. The molecule has 2 atom stereocenters. The lowest BCUT2D eigenvalue weighted by Gasteiger charge is -2.73. The van der Waals surface area contributed by atoms with Crippen molar-refractivity contribution in [1.82, 2.24) is 30.3 Å². The lowest BCUT2D eigenvalue weighted by molar-refractivity contribution is -0.197. The number of nitrogens with one attached hydrogen (secondary N) is 2. The molecule has 8 rings (SSSR count). The molecule has 4 heterocycles. The van der Waals surface area contributed by atoms with Gasteiger partial charge in [-0.1, -0.05) is 12.1 Å². The minimum Gasteiger partial charge on any atom is -0.478 e. The molecule has 11 nitrogen and oxygen atoms in total. The van der Waals surface area contributed by atoms with E-state index in [1.807, 2.05) is 15.2 Å². The molecule has 3 saturated carbocycles. The summed E-state index contributed by atoms with van der Waals surface area (Å²) in [5.74, 6) is -1.09. The molecular weight excluding hydrogens is 573 g/mol. The van der Waals surface area contributed by atoms with Gasteiger partial charge in [0.1, 0.15) is 11.9 Å². The number of carbonyl (C=O) groups excluding carboxylic acids is 2. The van der Waals surface area contributed by atoms with E-state index in [1.54, 1.807) is 25.3 Å². The first kappa shape index (κ1) is 28.0. The van der Waals surface area contributed by atoms with Crippen LogP contribution < -0.4 is 10.6 Å². The fraction of sp³-hybridized carbons (Fsp3) is 0.500. The predicted octanol–water partition coefficient (Wildman–Crippen LogP) is 2.50. The molecule has 2 aromatic rings. The molecule has 2 unspecified atom stereocenters. The number of halogens is 1. The van der Waals surface area contributed by atoms with Crippen LogP contribution >= 0.6 is 11.3 Å². The van der Waals surface area contributed by atoms with Crippen LogP contribution in [0.5, 0.6) is 0 Å². The zero-order valence-electron chi connectivity index (χ0n) is 24.1. The number of amidine groups is 1. The molecular formula is C30H34FN7O4S. The van der Waals surface area contributed by atoms with Gasteiger partial charge in [0.25, 0.3) is 0 Å². The summed E-state index contributed by atoms with van der Waals surface area (Å²) in [4.78, 5) is 52.9. The highest BCUT2D eigenvalue weighted by molar-refractivity contribution is 7.11. The average Bonchev–Trinajstić information content (AvgIpc) is 3.57. The molecule has 6 aliphatic rings. The lowest BCUT2D eigenvalue weighted by atomic mass is 9.38. The summed E-state index contributed by atoms with van der Waals surface area (Å²) in [6, 6.07) is 3.85. The summed E-state index contributed by atoms with van der Waals surface area (Å²) in [7, 11) is 0. The van der Waals surface area contributed by atoms with E-state index < -0.39 is 17.8 Å². The topological polar surface area (TPSA) is 130 Å². The number of hydrogen-bond donors (Lipinski definition) is 3. The number of rotatable bonds is 8. The fourth-order valence-corrected chi connectivity index (χ4v) is 8.41. The Kier molecular flexibility index (Phi) is 6.58. The zero-order chi connectivity index (χ0) is 30.1. The predicted molar refractivity (Wildman–Crippen MR) is 157 cm³/mol. The van der Waals surface area contributed by atoms with E-state index in [-0.39, 0.29) is 34.5 Å². The highest BCUT2D eigenvalue weighted by Crippen LogP contribution is 2.70. The van der Waals surface area contributed by atoms with Gasteiger partial charge >= 0.3 is 12.0 Å². The molecule has 43 heavy (non-hydrogen) atoms. The van der Waals surface area contributed by atoms with Gasteiger partial charge in [-0.25, -0.2) is 19.0 Å². The minimum atomic E-state index is -1.12. The number of hydrogen-bond acceptors (Lipinski definition) is 8. The van der Waals surface area contributed by atoms with Crippen LogP contribution in [0.2, 0.25) is 0 Å². The van der Waals surface area contributed by atoms with Crippen molar-refractivity contribution >= 4 is 35.1 Å². The van der Waals surface area contributed by atoms with E-state index in [0.29, 0.717) is 66.9 Å². The molecule has 3 aliphatic heterocycles. The summed E-state index contributed by atoms with van der Waals surface area (Å²) in [5, 5.41) is 19.1. The second kappa shape index (κ2) is 10.1. The van der Waals surface area contributed by atoms with Crippen LogP contribution in [0.1, 0.15) is 48.4 Å². The molecule has 3 aliphatic carbocycles. The number of aliphatic carboxylic acids is 1. The van der Waals surface area contributed by atoms with Gasteiger partial charge in [-0.2, -0.15) is 0 Å². The second-order valence-corrected chi connectivity index (χ2v) is 13.5. The summed E-state index contributed by atoms with van der Waals surface area (Å²) in [6.07, 6.45) is 4.44. The molecule has 1 aromatic heterocycles. The molecule has 226 valence electrons. The highest BCUT2D eigenvalue weighted by Gasteiger charge is 2.72. The fourth-order valence-electron chi connectivity index (χ4n) is 7.83. The largest absolute Gasteiger partial charge is 0.478 e. The summed E-state index contributed by atoms with van der Waals surface area (Å²) < 4.78 is 14.6. The van der Waals surface area contributed by atoms with E-state index in [4.69, 9.17) is 4.99 Å². The number of carboxylic acids is 1. The average molecular weight is 608 g/mol. The first-order valence-electron chi connectivity index (χ1n) is 14.6. The summed E-state index contributed by atoms with van der Waals surface area (Å²) in [6.45, 7) is 6.57. The van der Waals surface area contributed by atoms with Crippen molar-refractivity contribution in [3.05, 3.63) is 63.0 Å². The van der Waals surface area contributed by atoms with E-state index >= 15 is 0 Å². The summed E-state index contributed by atoms with van der Waals surface area (Å²) >= 11 is 1.39. The van der Waals surface area contributed by atoms with Gasteiger partial charge in [-0.3, -0.25) is 14.7 Å². The third kappa shape index (κ3) is 4.60. The van der Waals surface area contributed by atoms with Crippen molar-refractivity contribution in [2.75, 3.05) is 39.3 Å². The number of piperazine rings is 1. The number of nitrogens with zero attached hydrogens (tertiary/aromatic N) is 5. The van der Waals surface area contributed by atoms with Crippen LogP contribution in [-0.4, -0.2) is 99.4 Å². The Morgan fingerprint density at radius 2 is 2.02 bits per heavy atom. The molecule has 0 spiro atoms. The van der Waals surface area contributed by atoms with Crippen LogP contribution in [0.15, 0.2) is 46.0 Å². The molecule has 3 amide bonds. The van der Waals surface area contributed by atoms with Crippen molar-refractivity contribution < 1.29 is 23.9 Å². The number of fused-ring (bicyclic) bond motifs is 1. The molecule has 5 fully saturated rings. The Labute approximate surface area is 252 Å². The van der Waals surface area contributed by atoms with Gasteiger partial charge in [-0.05, 0) is 48.8 Å². The Bertz CT molecular complexity index is 1550. The third-order valence-corrected chi connectivity index (χ3v) is 10.6. The third-order valence-electron chi connectivity index (χ3n) is 9.81. The maximum Gasteiger partial charge on any atom is 0.335 e. The lowest BCUT2D eigenvalue weighted by Crippen LogP contribution is -2.77. The number of urea groups is 1. The first-order valence-corrected chi connectivity index (χ1v) is 15.5. The summed E-state index contributed by atoms with van der Waals surface area (Å²) in [5.41, 5.74) is 1.47. The number of aliphatic imine (C=N–C) groups is 1. The quantitative estimate of drug-likeness (QED) is 0.421. The van der Waals surface area contributed by atoms with Gasteiger partial charge in [0.05, 0.1) is 11.6 Å². The Balaban J connectivity index is 1.10. The Morgan fingerprint density at radius 3 is 2.72 bits per heavy atom.